The third-order valence-electron chi connectivity index (χ3n) is 2.02. The first-order valence-corrected chi connectivity index (χ1v) is 6.61. The molecule has 0 bridgehead atoms. The van der Waals surface area contributed by atoms with Gasteiger partial charge in [0.1, 0.15) is 0 Å². The van der Waals surface area contributed by atoms with E-state index < -0.39 is 0 Å². The summed E-state index contributed by atoms with van der Waals surface area (Å²) in [5.74, 6) is 2.28. The molecule has 0 fully saturated rings. The van der Waals surface area contributed by atoms with Gasteiger partial charge in [-0.25, -0.2) is 0 Å². The van der Waals surface area contributed by atoms with E-state index in [0.717, 1.165) is 18.0 Å². The van der Waals surface area contributed by atoms with Crippen LogP contribution in [0.25, 0.3) is 0 Å². The molecular weight excluding hydrogens is 206 g/mol. The minimum Gasteiger partial charge on any atom is -0.308 e. The van der Waals surface area contributed by atoms with Gasteiger partial charge in [-0.2, -0.15) is 11.8 Å². The molecule has 0 aliphatic heterocycles. The van der Waals surface area contributed by atoms with E-state index in [4.69, 9.17) is 0 Å². The first-order chi connectivity index (χ1) is 7.38. The van der Waals surface area contributed by atoms with Gasteiger partial charge >= 0.3 is 0 Å². The lowest BCUT2D eigenvalue weighted by Crippen LogP contribution is -2.24. The molecule has 0 saturated heterocycles. The van der Waals surface area contributed by atoms with Gasteiger partial charge in [0, 0.05) is 24.3 Å². The second kappa shape index (κ2) is 7.65. The highest BCUT2D eigenvalue weighted by Crippen LogP contribution is 2.15. The molecule has 0 amide bonds. The van der Waals surface area contributed by atoms with Crippen molar-refractivity contribution in [2.45, 2.75) is 26.3 Å². The molecule has 1 N–H and O–H groups in total. The monoisotopic (exact) mass is 225 g/mol. The predicted molar refractivity (Wildman–Crippen MR) is 66.1 cm³/mol. The van der Waals surface area contributed by atoms with E-state index in [0.29, 0.717) is 6.04 Å². The topological polar surface area (TPSA) is 37.8 Å². The fourth-order valence-corrected chi connectivity index (χ4v) is 2.31. The van der Waals surface area contributed by atoms with Crippen LogP contribution in [-0.4, -0.2) is 28.0 Å². The molecule has 3 nitrogen and oxygen atoms in total. The molecule has 0 spiro atoms. The highest BCUT2D eigenvalue weighted by molar-refractivity contribution is 7.99. The molecule has 1 atom stereocenters. The minimum atomic E-state index is 0.334. The summed E-state index contributed by atoms with van der Waals surface area (Å²) in [5, 5.41) is 3.43. The summed E-state index contributed by atoms with van der Waals surface area (Å²) < 4.78 is 0. The molecule has 0 radical (unpaired) electrons. The normalized spacial score (nSPS) is 12.7. The van der Waals surface area contributed by atoms with Crippen molar-refractivity contribution in [3.05, 3.63) is 24.3 Å². The van der Waals surface area contributed by atoms with Crippen molar-refractivity contribution in [3.63, 3.8) is 0 Å². The van der Waals surface area contributed by atoms with E-state index in [1.165, 1.54) is 12.2 Å². The number of nitrogens with zero attached hydrogens (tertiary/aromatic N) is 2. The van der Waals surface area contributed by atoms with Gasteiger partial charge in [-0.1, -0.05) is 13.8 Å². The second-order valence-electron chi connectivity index (χ2n) is 3.32. The van der Waals surface area contributed by atoms with Gasteiger partial charge in [0.2, 0.25) is 0 Å². The Hall–Kier alpha value is -0.610. The van der Waals surface area contributed by atoms with Crippen LogP contribution >= 0.6 is 11.8 Å². The van der Waals surface area contributed by atoms with Crippen LogP contribution in [0.15, 0.2) is 18.6 Å². The van der Waals surface area contributed by atoms with Crippen LogP contribution in [0.5, 0.6) is 0 Å². The third kappa shape index (κ3) is 4.62. The molecule has 15 heavy (non-hydrogen) atoms. The van der Waals surface area contributed by atoms with E-state index in [9.17, 15) is 0 Å². The Labute approximate surface area is 96.1 Å². The molecule has 0 saturated carbocycles. The Balaban J connectivity index is 2.50. The number of nitrogens with one attached hydrogen (secondary N) is 1. The van der Waals surface area contributed by atoms with Gasteiger partial charge < -0.3 is 5.32 Å². The van der Waals surface area contributed by atoms with E-state index >= 15 is 0 Å². The van der Waals surface area contributed by atoms with E-state index in [-0.39, 0.29) is 0 Å². The predicted octanol–water partition coefficient (Wildman–Crippen LogP) is 2.27. The summed E-state index contributed by atoms with van der Waals surface area (Å²) in [7, 11) is 0. The fraction of sp³-hybridized carbons (Fsp3) is 0.636. The molecular formula is C11H19N3S. The summed E-state index contributed by atoms with van der Waals surface area (Å²) in [4.78, 5) is 8.44. The van der Waals surface area contributed by atoms with Crippen LogP contribution < -0.4 is 5.32 Å². The fourth-order valence-electron chi connectivity index (χ4n) is 1.33. The van der Waals surface area contributed by atoms with Gasteiger partial charge in [-0.3, -0.25) is 9.97 Å². The van der Waals surface area contributed by atoms with Crippen molar-refractivity contribution in [2.24, 2.45) is 0 Å². The molecule has 0 aliphatic carbocycles. The maximum Gasteiger partial charge on any atom is 0.0764 e. The third-order valence-corrected chi connectivity index (χ3v) is 3.29. The Morgan fingerprint density at radius 3 is 2.87 bits per heavy atom. The Kier molecular flexibility index (Phi) is 6.36. The quantitative estimate of drug-likeness (QED) is 0.722. The highest BCUT2D eigenvalue weighted by Gasteiger charge is 2.10. The van der Waals surface area contributed by atoms with Crippen molar-refractivity contribution in [1.82, 2.24) is 15.3 Å². The molecule has 1 aromatic rings. The van der Waals surface area contributed by atoms with Crippen molar-refractivity contribution in [1.29, 1.82) is 0 Å². The van der Waals surface area contributed by atoms with Crippen LogP contribution in [0.1, 0.15) is 32.0 Å². The zero-order chi connectivity index (χ0) is 10.9. The lowest BCUT2D eigenvalue weighted by Gasteiger charge is -2.16. The Bertz CT molecular complexity index is 253. The molecule has 1 rings (SSSR count). The zero-order valence-corrected chi connectivity index (χ0v) is 10.3. The largest absolute Gasteiger partial charge is 0.308 e. The smallest absolute Gasteiger partial charge is 0.0764 e. The van der Waals surface area contributed by atoms with Crippen LogP contribution in [0.2, 0.25) is 0 Å². The zero-order valence-electron chi connectivity index (χ0n) is 9.44. The van der Waals surface area contributed by atoms with Crippen LogP contribution in [0.3, 0.4) is 0 Å². The van der Waals surface area contributed by atoms with E-state index in [1.807, 2.05) is 18.0 Å². The summed E-state index contributed by atoms with van der Waals surface area (Å²) in [6.45, 7) is 5.29. The molecule has 0 aliphatic rings. The first-order valence-electron chi connectivity index (χ1n) is 5.45. The first kappa shape index (κ1) is 12.5. The number of aromatic nitrogens is 2. The Morgan fingerprint density at radius 1 is 1.40 bits per heavy atom. The summed E-state index contributed by atoms with van der Waals surface area (Å²) in [6.07, 6.45) is 6.54. The van der Waals surface area contributed by atoms with E-state index in [1.54, 1.807) is 12.4 Å². The molecule has 1 unspecified atom stereocenters. The summed E-state index contributed by atoms with van der Waals surface area (Å²) >= 11 is 1.97. The summed E-state index contributed by atoms with van der Waals surface area (Å²) in [6, 6.07) is 0.334. The second-order valence-corrected chi connectivity index (χ2v) is 4.47. The van der Waals surface area contributed by atoms with Crippen LogP contribution in [0, 0.1) is 0 Å². The maximum absolute atomic E-state index is 4.34. The van der Waals surface area contributed by atoms with Crippen molar-refractivity contribution < 1.29 is 0 Å². The highest BCUT2D eigenvalue weighted by atomic mass is 32.2. The molecule has 84 valence electrons. The lowest BCUT2D eigenvalue weighted by atomic mass is 10.2. The van der Waals surface area contributed by atoms with Crippen molar-refractivity contribution in [3.8, 4) is 0 Å². The maximum atomic E-state index is 4.34. The molecule has 1 aromatic heterocycles. The van der Waals surface area contributed by atoms with Gasteiger partial charge in [0.05, 0.1) is 11.7 Å². The lowest BCUT2D eigenvalue weighted by molar-refractivity contribution is 0.588. The molecule has 4 heteroatoms. The van der Waals surface area contributed by atoms with Crippen LogP contribution in [-0.2, 0) is 0 Å². The van der Waals surface area contributed by atoms with Gasteiger partial charge in [0.15, 0.2) is 0 Å². The minimum absolute atomic E-state index is 0.334. The SMILES string of the molecule is CCCSCC(NCC)c1cnccn1. The van der Waals surface area contributed by atoms with Crippen molar-refractivity contribution >= 4 is 11.8 Å². The number of thioether (sulfide) groups is 1. The Morgan fingerprint density at radius 2 is 2.27 bits per heavy atom. The average Bonchev–Trinajstić information content (AvgIpc) is 2.29. The summed E-state index contributed by atoms with van der Waals surface area (Å²) in [5.41, 5.74) is 1.04. The van der Waals surface area contributed by atoms with E-state index in [2.05, 4.69) is 29.1 Å². The number of rotatable bonds is 7. The van der Waals surface area contributed by atoms with Gasteiger partial charge in [-0.15, -0.1) is 0 Å². The standard InChI is InChI=1S/C11H19N3S/c1-3-7-15-9-11(13-4-2)10-8-12-5-6-14-10/h5-6,8,11,13H,3-4,7,9H2,1-2H3. The number of hydrogen-bond donors (Lipinski definition) is 1. The number of hydrogen-bond acceptors (Lipinski definition) is 4. The van der Waals surface area contributed by atoms with Crippen LogP contribution in [0.4, 0.5) is 0 Å². The molecule has 1 heterocycles. The molecule has 0 aromatic carbocycles. The van der Waals surface area contributed by atoms with Gasteiger partial charge in [0.25, 0.3) is 0 Å². The van der Waals surface area contributed by atoms with Crippen molar-refractivity contribution in [2.75, 3.05) is 18.1 Å². The average molecular weight is 225 g/mol. The van der Waals surface area contributed by atoms with Gasteiger partial charge in [-0.05, 0) is 18.7 Å².